The van der Waals surface area contributed by atoms with Crippen molar-refractivity contribution in [3.8, 4) is 0 Å². The van der Waals surface area contributed by atoms with Gasteiger partial charge in [0.25, 0.3) is 0 Å². The second-order valence-corrected chi connectivity index (χ2v) is 7.11. The minimum absolute atomic E-state index is 0.428. The maximum atomic E-state index is 12.5. The summed E-state index contributed by atoms with van der Waals surface area (Å²) < 4.78 is 0. The molecule has 4 heteroatoms. The molecule has 0 spiro atoms. The van der Waals surface area contributed by atoms with E-state index in [0.717, 1.165) is 25.9 Å². The molecule has 2 fully saturated rings. The normalized spacial score (nSPS) is 25.5. The van der Waals surface area contributed by atoms with E-state index >= 15 is 0 Å². The average Bonchev–Trinajstić information content (AvgIpc) is 2.46. The summed E-state index contributed by atoms with van der Waals surface area (Å²) in [6.45, 7) is 2.02. The number of piperidine rings is 1. The van der Waals surface area contributed by atoms with Gasteiger partial charge in [-0.2, -0.15) is 11.8 Å². The van der Waals surface area contributed by atoms with Crippen LogP contribution in [0, 0.1) is 5.92 Å². The van der Waals surface area contributed by atoms with Gasteiger partial charge in [0, 0.05) is 19.0 Å². The first-order valence-corrected chi connectivity index (χ1v) is 8.98. The van der Waals surface area contributed by atoms with Gasteiger partial charge in [0.05, 0.1) is 0 Å². The molecule has 1 amide bonds. The molecule has 1 atom stereocenters. The van der Waals surface area contributed by atoms with Crippen LogP contribution < -0.4 is 5.32 Å². The van der Waals surface area contributed by atoms with Gasteiger partial charge in [-0.15, -0.1) is 0 Å². The van der Waals surface area contributed by atoms with Crippen LogP contribution in [0.4, 0.5) is 0 Å². The number of carbonyl (C=O) groups excluding carboxylic acids is 1. The molecule has 0 radical (unpaired) electrons. The highest BCUT2D eigenvalue weighted by molar-refractivity contribution is 7.99. The Balaban J connectivity index is 1.83. The number of rotatable bonds is 5. The lowest BCUT2D eigenvalue weighted by Gasteiger charge is -2.37. The molecule has 110 valence electrons. The predicted molar refractivity (Wildman–Crippen MR) is 82.6 cm³/mol. The van der Waals surface area contributed by atoms with Crippen LogP contribution in [0.25, 0.3) is 0 Å². The number of nitrogens with one attached hydrogen (secondary N) is 1. The highest BCUT2D eigenvalue weighted by Gasteiger charge is 2.28. The number of hydrogen-bond donors (Lipinski definition) is 1. The van der Waals surface area contributed by atoms with Gasteiger partial charge in [0.15, 0.2) is 0 Å². The number of likely N-dealkylation sites (tertiary alicyclic amines) is 1. The van der Waals surface area contributed by atoms with Crippen LogP contribution in [0.2, 0.25) is 0 Å². The molecule has 2 rings (SSSR count). The quantitative estimate of drug-likeness (QED) is 0.842. The standard InChI is InChI=1S/C15H28N2OS/c1-16-8-5-14-4-2-3-9-17(14)15(18)12-13-6-10-19-11-7-13/h13-14,16H,2-12H2,1H3. The fourth-order valence-corrected chi connectivity index (χ4v) is 4.46. The highest BCUT2D eigenvalue weighted by atomic mass is 32.2. The van der Waals surface area contributed by atoms with Crippen molar-refractivity contribution in [2.75, 3.05) is 31.6 Å². The Bertz CT molecular complexity index is 279. The Labute approximate surface area is 121 Å². The summed E-state index contributed by atoms with van der Waals surface area (Å²) in [5, 5.41) is 3.22. The van der Waals surface area contributed by atoms with Crippen LogP contribution in [-0.4, -0.2) is 48.5 Å². The summed E-state index contributed by atoms with van der Waals surface area (Å²) in [6.07, 6.45) is 8.09. The van der Waals surface area contributed by atoms with Crippen LogP contribution in [-0.2, 0) is 4.79 Å². The monoisotopic (exact) mass is 284 g/mol. The maximum absolute atomic E-state index is 12.5. The number of amides is 1. The molecule has 0 aromatic heterocycles. The summed E-state index contributed by atoms with van der Waals surface area (Å²) in [5.41, 5.74) is 0. The van der Waals surface area contributed by atoms with Crippen molar-refractivity contribution < 1.29 is 4.79 Å². The van der Waals surface area contributed by atoms with Crippen molar-refractivity contribution in [2.24, 2.45) is 5.92 Å². The molecule has 2 aliphatic rings. The molecular formula is C15H28N2OS. The lowest BCUT2D eigenvalue weighted by Crippen LogP contribution is -2.45. The van der Waals surface area contributed by atoms with E-state index in [-0.39, 0.29) is 0 Å². The zero-order valence-corrected chi connectivity index (χ0v) is 13.0. The minimum atomic E-state index is 0.428. The highest BCUT2D eigenvalue weighted by Crippen LogP contribution is 2.28. The molecule has 0 aromatic carbocycles. The van der Waals surface area contributed by atoms with Gasteiger partial charge in [-0.05, 0) is 69.5 Å². The Kier molecular flexibility index (Phi) is 6.51. The predicted octanol–water partition coefficient (Wildman–Crippen LogP) is 2.51. The fourth-order valence-electron chi connectivity index (χ4n) is 3.25. The van der Waals surface area contributed by atoms with Gasteiger partial charge in [-0.1, -0.05) is 0 Å². The van der Waals surface area contributed by atoms with Crippen molar-refractivity contribution in [3.63, 3.8) is 0 Å². The van der Waals surface area contributed by atoms with Crippen molar-refractivity contribution in [1.82, 2.24) is 10.2 Å². The van der Waals surface area contributed by atoms with Crippen molar-refractivity contribution in [3.05, 3.63) is 0 Å². The fraction of sp³-hybridized carbons (Fsp3) is 0.933. The third kappa shape index (κ3) is 4.67. The molecule has 1 unspecified atom stereocenters. The first-order chi connectivity index (χ1) is 9.31. The average molecular weight is 284 g/mol. The zero-order chi connectivity index (χ0) is 13.5. The number of hydrogen-bond acceptors (Lipinski definition) is 3. The summed E-state index contributed by atoms with van der Waals surface area (Å²) in [6, 6.07) is 0.492. The van der Waals surface area contributed by atoms with E-state index in [4.69, 9.17) is 0 Å². The van der Waals surface area contributed by atoms with Crippen LogP contribution in [0.5, 0.6) is 0 Å². The van der Waals surface area contributed by atoms with E-state index in [9.17, 15) is 4.79 Å². The van der Waals surface area contributed by atoms with Gasteiger partial charge in [-0.25, -0.2) is 0 Å². The lowest BCUT2D eigenvalue weighted by molar-refractivity contribution is -0.136. The molecule has 2 aliphatic heterocycles. The number of thioether (sulfide) groups is 1. The van der Waals surface area contributed by atoms with Gasteiger partial charge in [0.2, 0.25) is 5.91 Å². The number of nitrogens with zero attached hydrogens (tertiary/aromatic N) is 1. The first kappa shape index (κ1) is 15.2. The van der Waals surface area contributed by atoms with E-state index in [1.807, 2.05) is 18.8 Å². The molecule has 2 saturated heterocycles. The molecule has 2 heterocycles. The second kappa shape index (κ2) is 8.15. The smallest absolute Gasteiger partial charge is 0.223 e. The molecule has 0 bridgehead atoms. The third-order valence-corrected chi connectivity index (χ3v) is 5.53. The van der Waals surface area contributed by atoms with Gasteiger partial charge in [0.1, 0.15) is 0 Å². The molecule has 1 N–H and O–H groups in total. The number of carbonyl (C=O) groups is 1. The van der Waals surface area contributed by atoms with Crippen molar-refractivity contribution >= 4 is 17.7 Å². The van der Waals surface area contributed by atoms with E-state index in [0.29, 0.717) is 17.9 Å². The zero-order valence-electron chi connectivity index (χ0n) is 12.2. The summed E-state index contributed by atoms with van der Waals surface area (Å²) in [7, 11) is 1.99. The largest absolute Gasteiger partial charge is 0.340 e. The third-order valence-electron chi connectivity index (χ3n) is 4.48. The van der Waals surface area contributed by atoms with Crippen LogP contribution in [0.15, 0.2) is 0 Å². The molecule has 0 aromatic rings. The van der Waals surface area contributed by atoms with Crippen molar-refractivity contribution in [1.29, 1.82) is 0 Å². The summed E-state index contributed by atoms with van der Waals surface area (Å²) in [5.74, 6) is 3.58. The Morgan fingerprint density at radius 3 is 2.79 bits per heavy atom. The minimum Gasteiger partial charge on any atom is -0.340 e. The molecule has 0 aliphatic carbocycles. The Hall–Kier alpha value is -0.220. The first-order valence-electron chi connectivity index (χ1n) is 7.83. The molecule has 19 heavy (non-hydrogen) atoms. The van der Waals surface area contributed by atoms with Crippen LogP contribution in [0.1, 0.15) is 44.9 Å². The Morgan fingerprint density at radius 1 is 1.26 bits per heavy atom. The van der Waals surface area contributed by atoms with Gasteiger partial charge in [-0.3, -0.25) is 4.79 Å². The second-order valence-electron chi connectivity index (χ2n) is 5.89. The topological polar surface area (TPSA) is 32.3 Å². The molecule has 0 saturated carbocycles. The van der Waals surface area contributed by atoms with Gasteiger partial charge < -0.3 is 10.2 Å². The van der Waals surface area contributed by atoms with Crippen LogP contribution in [0.3, 0.4) is 0 Å². The SMILES string of the molecule is CNCCC1CCCCN1C(=O)CC1CCSCC1. The molecular weight excluding hydrogens is 256 g/mol. The maximum Gasteiger partial charge on any atom is 0.223 e. The van der Waals surface area contributed by atoms with Crippen LogP contribution >= 0.6 is 11.8 Å². The van der Waals surface area contributed by atoms with Gasteiger partial charge >= 0.3 is 0 Å². The van der Waals surface area contributed by atoms with E-state index in [1.54, 1.807) is 0 Å². The molecule has 3 nitrogen and oxygen atoms in total. The van der Waals surface area contributed by atoms with E-state index in [2.05, 4.69) is 10.2 Å². The van der Waals surface area contributed by atoms with E-state index < -0.39 is 0 Å². The lowest BCUT2D eigenvalue weighted by atomic mass is 9.94. The van der Waals surface area contributed by atoms with E-state index in [1.165, 1.54) is 43.6 Å². The summed E-state index contributed by atoms with van der Waals surface area (Å²) in [4.78, 5) is 14.7. The van der Waals surface area contributed by atoms with Crippen molar-refractivity contribution in [2.45, 2.75) is 51.0 Å². The summed E-state index contributed by atoms with van der Waals surface area (Å²) >= 11 is 2.04. The Morgan fingerprint density at radius 2 is 2.05 bits per heavy atom.